The van der Waals surface area contributed by atoms with Crippen molar-refractivity contribution in [1.29, 1.82) is 0 Å². The van der Waals surface area contributed by atoms with Crippen LogP contribution in [0.25, 0.3) is 0 Å². The molecule has 1 fully saturated rings. The van der Waals surface area contributed by atoms with Crippen molar-refractivity contribution in [2.75, 3.05) is 0 Å². The van der Waals surface area contributed by atoms with Crippen LogP contribution in [0.3, 0.4) is 0 Å². The minimum atomic E-state index is 0.267. The SMILES string of the molecule is C=C1CCC/C1=C(/C1=C(C)CCC1)C(C)(C)C. The number of allylic oxidation sites excluding steroid dienone is 5. The van der Waals surface area contributed by atoms with Crippen molar-refractivity contribution in [2.45, 2.75) is 66.2 Å². The van der Waals surface area contributed by atoms with Crippen molar-refractivity contribution in [2.24, 2.45) is 5.41 Å². The highest BCUT2D eigenvalue weighted by Crippen LogP contribution is 2.46. The van der Waals surface area contributed by atoms with Crippen LogP contribution in [0.5, 0.6) is 0 Å². The molecule has 0 heteroatoms. The largest absolute Gasteiger partial charge is 0.0955 e. The second-order valence-corrected chi connectivity index (χ2v) is 6.67. The summed E-state index contributed by atoms with van der Waals surface area (Å²) in [5.41, 5.74) is 8.19. The fourth-order valence-corrected chi connectivity index (χ4v) is 3.43. The molecule has 0 aromatic rings. The van der Waals surface area contributed by atoms with Crippen LogP contribution in [0.4, 0.5) is 0 Å². The summed E-state index contributed by atoms with van der Waals surface area (Å²) in [6, 6.07) is 0. The molecule has 0 spiro atoms. The second-order valence-electron chi connectivity index (χ2n) is 6.67. The predicted molar refractivity (Wildman–Crippen MR) is 76.0 cm³/mol. The molecule has 17 heavy (non-hydrogen) atoms. The number of hydrogen-bond acceptors (Lipinski definition) is 0. The third kappa shape index (κ3) is 2.41. The first-order valence-electron chi connectivity index (χ1n) is 7.02. The van der Waals surface area contributed by atoms with Crippen LogP contribution < -0.4 is 0 Å². The molecule has 0 bridgehead atoms. The molecule has 2 aliphatic carbocycles. The van der Waals surface area contributed by atoms with Crippen LogP contribution in [0.15, 0.2) is 34.4 Å². The average Bonchev–Trinajstić information content (AvgIpc) is 2.77. The quantitative estimate of drug-likeness (QED) is 0.552. The number of hydrogen-bond donors (Lipinski definition) is 0. The van der Waals surface area contributed by atoms with Gasteiger partial charge in [-0.2, -0.15) is 0 Å². The Morgan fingerprint density at radius 2 is 1.65 bits per heavy atom. The lowest BCUT2D eigenvalue weighted by atomic mass is 9.77. The van der Waals surface area contributed by atoms with Crippen molar-refractivity contribution in [1.82, 2.24) is 0 Å². The van der Waals surface area contributed by atoms with E-state index in [1.807, 2.05) is 0 Å². The van der Waals surface area contributed by atoms with Crippen LogP contribution >= 0.6 is 0 Å². The van der Waals surface area contributed by atoms with E-state index in [0.717, 1.165) is 0 Å². The molecule has 2 aliphatic rings. The molecule has 94 valence electrons. The molecule has 0 radical (unpaired) electrons. The summed E-state index contributed by atoms with van der Waals surface area (Å²) in [6.07, 6.45) is 7.70. The van der Waals surface area contributed by atoms with Crippen LogP contribution in [0.2, 0.25) is 0 Å². The molecule has 0 atom stereocenters. The molecule has 2 rings (SSSR count). The van der Waals surface area contributed by atoms with Gasteiger partial charge in [0.25, 0.3) is 0 Å². The minimum Gasteiger partial charge on any atom is -0.0955 e. The molecule has 0 nitrogen and oxygen atoms in total. The van der Waals surface area contributed by atoms with E-state index in [4.69, 9.17) is 0 Å². The topological polar surface area (TPSA) is 0 Å². The van der Waals surface area contributed by atoms with Crippen LogP contribution in [0, 0.1) is 5.41 Å². The summed E-state index contributed by atoms with van der Waals surface area (Å²) in [4.78, 5) is 0. The Bertz CT molecular complexity index is 396. The van der Waals surface area contributed by atoms with Gasteiger partial charge >= 0.3 is 0 Å². The zero-order valence-electron chi connectivity index (χ0n) is 11.9. The van der Waals surface area contributed by atoms with Crippen LogP contribution in [0.1, 0.15) is 66.2 Å². The lowest BCUT2D eigenvalue weighted by Crippen LogP contribution is -2.14. The van der Waals surface area contributed by atoms with Crippen molar-refractivity contribution in [3.05, 3.63) is 34.4 Å². The maximum absolute atomic E-state index is 4.29. The zero-order valence-corrected chi connectivity index (χ0v) is 11.9. The Balaban J connectivity index is 2.54. The van der Waals surface area contributed by atoms with Crippen molar-refractivity contribution in [3.8, 4) is 0 Å². The highest BCUT2D eigenvalue weighted by molar-refractivity contribution is 5.51. The summed E-state index contributed by atoms with van der Waals surface area (Å²) < 4.78 is 0. The molecule has 0 aromatic heterocycles. The van der Waals surface area contributed by atoms with Crippen LogP contribution in [-0.2, 0) is 0 Å². The third-order valence-electron chi connectivity index (χ3n) is 4.18. The summed E-state index contributed by atoms with van der Waals surface area (Å²) in [7, 11) is 0. The van der Waals surface area contributed by atoms with E-state index in [2.05, 4.69) is 34.3 Å². The van der Waals surface area contributed by atoms with E-state index >= 15 is 0 Å². The summed E-state index contributed by atoms with van der Waals surface area (Å²) in [5, 5.41) is 0. The van der Waals surface area contributed by atoms with Gasteiger partial charge in [0.15, 0.2) is 0 Å². The standard InChI is InChI=1S/C17H26/c1-12-8-6-10-14(12)16(17(3,4)5)15-11-7-9-13(15)2/h1,6-11H2,2-5H3/b16-14+. The van der Waals surface area contributed by atoms with Crippen molar-refractivity contribution in [3.63, 3.8) is 0 Å². The monoisotopic (exact) mass is 230 g/mol. The van der Waals surface area contributed by atoms with Crippen molar-refractivity contribution >= 4 is 0 Å². The fraction of sp³-hybridized carbons (Fsp3) is 0.647. The molecule has 0 heterocycles. The van der Waals surface area contributed by atoms with Gasteiger partial charge in [0.2, 0.25) is 0 Å². The van der Waals surface area contributed by atoms with E-state index in [-0.39, 0.29) is 5.41 Å². The first kappa shape index (κ1) is 12.7. The Morgan fingerprint density at radius 1 is 1.00 bits per heavy atom. The molecular weight excluding hydrogens is 204 g/mol. The van der Waals surface area contributed by atoms with E-state index in [0.29, 0.717) is 0 Å². The molecule has 0 amide bonds. The van der Waals surface area contributed by atoms with Gasteiger partial charge in [-0.05, 0) is 67.6 Å². The predicted octanol–water partition coefficient (Wildman–Crippen LogP) is 5.57. The molecule has 0 aromatic carbocycles. The van der Waals surface area contributed by atoms with E-state index in [9.17, 15) is 0 Å². The third-order valence-corrected chi connectivity index (χ3v) is 4.18. The van der Waals surface area contributed by atoms with Gasteiger partial charge in [0.05, 0.1) is 0 Å². The molecule has 0 unspecified atom stereocenters. The fourth-order valence-electron chi connectivity index (χ4n) is 3.43. The van der Waals surface area contributed by atoms with E-state index in [1.54, 1.807) is 22.3 Å². The van der Waals surface area contributed by atoms with Crippen molar-refractivity contribution < 1.29 is 0 Å². The number of rotatable bonds is 1. The molecule has 1 saturated carbocycles. The maximum atomic E-state index is 4.29. The Labute approximate surface area is 106 Å². The normalized spacial score (nSPS) is 24.8. The second kappa shape index (κ2) is 4.48. The Morgan fingerprint density at radius 3 is 2.06 bits per heavy atom. The zero-order chi connectivity index (χ0) is 12.6. The molecule has 0 N–H and O–H groups in total. The minimum absolute atomic E-state index is 0.267. The van der Waals surface area contributed by atoms with Gasteiger partial charge in [0.1, 0.15) is 0 Å². The highest BCUT2D eigenvalue weighted by Gasteiger charge is 2.29. The lowest BCUT2D eigenvalue weighted by molar-refractivity contribution is 0.501. The average molecular weight is 230 g/mol. The highest BCUT2D eigenvalue weighted by atomic mass is 14.3. The van der Waals surface area contributed by atoms with Gasteiger partial charge in [-0.3, -0.25) is 0 Å². The van der Waals surface area contributed by atoms with Gasteiger partial charge in [0, 0.05) is 0 Å². The molecular formula is C17H26. The first-order valence-corrected chi connectivity index (χ1v) is 7.02. The van der Waals surface area contributed by atoms with E-state index in [1.165, 1.54) is 44.1 Å². The summed E-state index contributed by atoms with van der Waals surface area (Å²) >= 11 is 0. The van der Waals surface area contributed by atoms with Crippen LogP contribution in [-0.4, -0.2) is 0 Å². The maximum Gasteiger partial charge on any atom is -0.0126 e. The summed E-state index contributed by atoms with van der Waals surface area (Å²) in [6.45, 7) is 13.7. The van der Waals surface area contributed by atoms with E-state index < -0.39 is 0 Å². The first-order chi connectivity index (χ1) is 7.91. The summed E-state index contributed by atoms with van der Waals surface area (Å²) in [5.74, 6) is 0. The van der Waals surface area contributed by atoms with Gasteiger partial charge < -0.3 is 0 Å². The van der Waals surface area contributed by atoms with Gasteiger partial charge in [-0.25, -0.2) is 0 Å². The molecule has 0 aliphatic heterocycles. The lowest BCUT2D eigenvalue weighted by Gasteiger charge is -2.28. The Hall–Kier alpha value is -0.780. The Kier molecular flexibility index (Phi) is 3.34. The molecule has 0 saturated heterocycles. The van der Waals surface area contributed by atoms with Gasteiger partial charge in [-0.15, -0.1) is 0 Å². The van der Waals surface area contributed by atoms with Gasteiger partial charge in [-0.1, -0.05) is 38.5 Å². The smallest absolute Gasteiger partial charge is 0.0126 e.